The van der Waals surface area contributed by atoms with Crippen LogP contribution in [0.2, 0.25) is 0 Å². The largest absolute Gasteiger partial charge is 0.496 e. The summed E-state index contributed by atoms with van der Waals surface area (Å²) in [5.41, 5.74) is 0.898. The van der Waals surface area contributed by atoms with E-state index in [0.717, 1.165) is 38.3 Å². The number of hydrogen-bond acceptors (Lipinski definition) is 6. The van der Waals surface area contributed by atoms with Crippen LogP contribution in [0.3, 0.4) is 0 Å². The second-order valence-electron chi connectivity index (χ2n) is 10.5. The van der Waals surface area contributed by atoms with Gasteiger partial charge in [0.05, 0.1) is 24.7 Å². The van der Waals surface area contributed by atoms with Gasteiger partial charge in [-0.05, 0) is 75.0 Å². The first-order valence-corrected chi connectivity index (χ1v) is 13.6. The minimum atomic E-state index is -0.606. The van der Waals surface area contributed by atoms with Crippen LogP contribution in [0.15, 0.2) is 42.5 Å². The molecule has 0 aliphatic heterocycles. The molecule has 0 heterocycles. The van der Waals surface area contributed by atoms with Gasteiger partial charge in [0.25, 0.3) is 5.91 Å². The van der Waals surface area contributed by atoms with Crippen molar-refractivity contribution in [1.29, 1.82) is 0 Å². The molecule has 210 valence electrons. The molecule has 4 atom stereocenters. The van der Waals surface area contributed by atoms with E-state index in [2.05, 4.69) is 10.6 Å². The van der Waals surface area contributed by atoms with Gasteiger partial charge >= 0.3 is 0 Å². The summed E-state index contributed by atoms with van der Waals surface area (Å²) in [7, 11) is 2.39. The molecule has 0 radical (unpaired) electrons. The quantitative estimate of drug-likeness (QED) is 0.429. The third-order valence-corrected chi connectivity index (χ3v) is 8.26. The van der Waals surface area contributed by atoms with Crippen molar-refractivity contribution < 1.29 is 33.4 Å². The van der Waals surface area contributed by atoms with E-state index in [1.54, 1.807) is 0 Å². The highest BCUT2D eigenvalue weighted by Crippen LogP contribution is 2.49. The summed E-state index contributed by atoms with van der Waals surface area (Å²) in [6.07, 6.45) is 6.29. The number of anilines is 1. The lowest BCUT2D eigenvalue weighted by Gasteiger charge is -2.31. The molecule has 3 fully saturated rings. The van der Waals surface area contributed by atoms with Gasteiger partial charge in [0.15, 0.2) is 11.6 Å². The monoisotopic (exact) mass is 540 g/mol. The fourth-order valence-electron chi connectivity index (χ4n) is 6.35. The van der Waals surface area contributed by atoms with Gasteiger partial charge in [-0.1, -0.05) is 18.2 Å². The Morgan fingerprint density at radius 2 is 1.67 bits per heavy atom. The predicted octanol–water partition coefficient (Wildman–Crippen LogP) is 4.36. The van der Waals surface area contributed by atoms with E-state index in [1.807, 2.05) is 30.3 Å². The van der Waals surface area contributed by atoms with Crippen LogP contribution in [0.25, 0.3) is 0 Å². The summed E-state index contributed by atoms with van der Waals surface area (Å²) in [6, 6.07) is 11.6. The molecule has 3 saturated carbocycles. The number of para-hydroxylation sites is 1. The molecule has 0 saturated heterocycles. The average molecular weight is 541 g/mol. The summed E-state index contributed by atoms with van der Waals surface area (Å²) in [5, 5.41) is 13.1. The van der Waals surface area contributed by atoms with Gasteiger partial charge in [-0.3, -0.25) is 9.59 Å². The average Bonchev–Trinajstić information content (AvgIpc) is 3.58. The van der Waals surface area contributed by atoms with Crippen LogP contribution in [-0.2, 0) is 9.59 Å². The second kappa shape index (κ2) is 13.1. The number of methoxy groups -OCH3 is 1. The van der Waals surface area contributed by atoms with Crippen LogP contribution in [-0.4, -0.2) is 49.6 Å². The van der Waals surface area contributed by atoms with Crippen LogP contribution in [0.4, 0.5) is 10.1 Å². The van der Waals surface area contributed by atoms with E-state index in [9.17, 15) is 18.8 Å². The highest BCUT2D eigenvalue weighted by atomic mass is 19.1. The van der Waals surface area contributed by atoms with E-state index in [-0.39, 0.29) is 58.8 Å². The zero-order valence-electron chi connectivity index (χ0n) is 22.4. The summed E-state index contributed by atoms with van der Waals surface area (Å²) in [6.45, 7) is 0. The molecule has 4 unspecified atom stereocenters. The van der Waals surface area contributed by atoms with Gasteiger partial charge in [0.2, 0.25) is 5.91 Å². The Labute approximate surface area is 228 Å². The number of hydrogen-bond donors (Lipinski definition) is 3. The van der Waals surface area contributed by atoms with Crippen molar-refractivity contribution in [2.24, 2.45) is 23.7 Å². The molecular weight excluding hydrogens is 503 g/mol. The van der Waals surface area contributed by atoms with Gasteiger partial charge in [0, 0.05) is 30.8 Å². The van der Waals surface area contributed by atoms with Gasteiger partial charge in [-0.2, -0.15) is 0 Å². The number of carbonyl (C=O) groups is 3. The van der Waals surface area contributed by atoms with Crippen LogP contribution >= 0.6 is 0 Å². The Morgan fingerprint density at radius 1 is 0.974 bits per heavy atom. The molecule has 3 aliphatic rings. The van der Waals surface area contributed by atoms with E-state index < -0.39 is 11.7 Å². The number of ether oxygens (including phenoxy) is 2. The lowest BCUT2D eigenvalue weighted by molar-refractivity contribution is -0.122. The molecule has 5 rings (SSSR count). The van der Waals surface area contributed by atoms with Crippen molar-refractivity contribution in [3.8, 4) is 11.5 Å². The van der Waals surface area contributed by atoms with Crippen molar-refractivity contribution in [2.75, 3.05) is 19.5 Å². The molecule has 3 N–H and O–H groups in total. The molecule has 2 bridgehead atoms. The molecule has 0 aromatic heterocycles. The number of aliphatic hydroxyl groups is 1. The highest BCUT2D eigenvalue weighted by Gasteiger charge is 2.51. The number of rotatable bonds is 8. The molecule has 2 amide bonds. The third kappa shape index (κ3) is 6.41. The van der Waals surface area contributed by atoms with Crippen molar-refractivity contribution in [3.05, 3.63) is 53.8 Å². The Balaban J connectivity index is 0.00000172. The number of aliphatic hydroxyl groups excluding tert-OH is 1. The summed E-state index contributed by atoms with van der Waals surface area (Å²) < 4.78 is 26.1. The van der Waals surface area contributed by atoms with E-state index in [0.29, 0.717) is 25.7 Å². The molecule has 2 aromatic carbocycles. The number of halogens is 1. The van der Waals surface area contributed by atoms with Crippen molar-refractivity contribution in [2.45, 2.75) is 57.1 Å². The Hall–Kier alpha value is -3.46. The first-order valence-electron chi connectivity index (χ1n) is 13.6. The Kier molecular flexibility index (Phi) is 9.56. The van der Waals surface area contributed by atoms with E-state index >= 15 is 0 Å². The first kappa shape index (κ1) is 28.5. The third-order valence-electron chi connectivity index (χ3n) is 8.26. The lowest BCUT2D eigenvalue weighted by atomic mass is 9.83. The van der Waals surface area contributed by atoms with Crippen LogP contribution < -0.4 is 20.1 Å². The number of fused-ring (bicyclic) bond motifs is 2. The van der Waals surface area contributed by atoms with Crippen LogP contribution in [0, 0.1) is 29.5 Å². The van der Waals surface area contributed by atoms with Crippen molar-refractivity contribution in [3.63, 3.8) is 0 Å². The Morgan fingerprint density at radius 3 is 2.33 bits per heavy atom. The van der Waals surface area contributed by atoms with E-state index in [1.165, 1.54) is 19.2 Å². The lowest BCUT2D eigenvalue weighted by Crippen LogP contribution is -2.48. The molecule has 0 spiro atoms. The molecule has 3 aliphatic carbocycles. The maximum Gasteiger partial charge on any atom is 0.255 e. The summed E-state index contributed by atoms with van der Waals surface area (Å²) in [5.74, 6) is -0.886. The number of carbonyl (C=O) groups excluding carboxylic acids is 3. The number of aldehydes is 1. The van der Waals surface area contributed by atoms with Gasteiger partial charge in [0.1, 0.15) is 12.0 Å². The number of amides is 2. The standard InChI is InChI=1S/C29H33FN2O5.CH4O/c1-36-24-15-23(30)25(37-21-11-7-17(16-33)8-12-21)14-22(24)28(34)32-27-19-10-9-18(13-19)26(27)29(35)31-20-5-3-2-4-6-20;1-2/h2-6,14-19,21,26-27H,7-13H2,1H3,(H,31,35)(H,32,34);2H,1H3. The maximum absolute atomic E-state index is 14.8. The van der Waals surface area contributed by atoms with Crippen molar-refractivity contribution >= 4 is 23.8 Å². The zero-order valence-corrected chi connectivity index (χ0v) is 22.4. The predicted molar refractivity (Wildman–Crippen MR) is 144 cm³/mol. The zero-order chi connectivity index (χ0) is 27.9. The Bertz CT molecular complexity index is 1150. The maximum atomic E-state index is 14.8. The van der Waals surface area contributed by atoms with Crippen LogP contribution in [0.5, 0.6) is 11.5 Å². The topological polar surface area (TPSA) is 114 Å². The molecule has 2 aromatic rings. The van der Waals surface area contributed by atoms with Gasteiger partial charge in [-0.15, -0.1) is 0 Å². The second-order valence-corrected chi connectivity index (χ2v) is 10.5. The highest BCUT2D eigenvalue weighted by molar-refractivity contribution is 5.99. The van der Waals surface area contributed by atoms with Crippen molar-refractivity contribution in [1.82, 2.24) is 5.32 Å². The smallest absolute Gasteiger partial charge is 0.255 e. The number of benzene rings is 2. The fourth-order valence-corrected chi connectivity index (χ4v) is 6.35. The molecule has 39 heavy (non-hydrogen) atoms. The molecule has 8 nitrogen and oxygen atoms in total. The fraction of sp³-hybridized carbons (Fsp3) is 0.500. The van der Waals surface area contributed by atoms with Crippen LogP contribution in [0.1, 0.15) is 55.3 Å². The summed E-state index contributed by atoms with van der Waals surface area (Å²) >= 11 is 0. The minimum Gasteiger partial charge on any atom is -0.496 e. The minimum absolute atomic E-state index is 0.00758. The summed E-state index contributed by atoms with van der Waals surface area (Å²) in [4.78, 5) is 37.8. The van der Waals surface area contributed by atoms with Gasteiger partial charge in [-0.25, -0.2) is 4.39 Å². The normalized spacial score (nSPS) is 27.1. The SMILES string of the molecule is CO.COc1cc(F)c(OC2CCC(C=O)CC2)cc1C(=O)NC1C2CCC(C2)C1C(=O)Nc1ccccc1. The van der Waals surface area contributed by atoms with Gasteiger partial charge < -0.3 is 30.0 Å². The van der Waals surface area contributed by atoms with E-state index in [4.69, 9.17) is 14.6 Å². The first-order chi connectivity index (χ1) is 19.0. The molecule has 9 heteroatoms. The number of nitrogens with one attached hydrogen (secondary N) is 2. The molecular formula is C30H37FN2O6.